The Balaban J connectivity index is 1.61. The topological polar surface area (TPSA) is 66.6 Å². The zero-order valence-corrected chi connectivity index (χ0v) is 11.9. The summed E-state index contributed by atoms with van der Waals surface area (Å²) in [5.41, 5.74) is 0.614. The number of fused-ring (bicyclic) bond motifs is 1. The maximum Gasteiger partial charge on any atom is 0.272 e. The van der Waals surface area contributed by atoms with E-state index < -0.39 is 5.60 Å². The van der Waals surface area contributed by atoms with Crippen LogP contribution in [0.5, 0.6) is 0 Å². The fraction of sp³-hybridized carbons (Fsp3) is 0.500. The van der Waals surface area contributed by atoms with Crippen LogP contribution in [0.1, 0.15) is 54.3 Å². The second kappa shape index (κ2) is 4.56. The molecule has 0 spiro atoms. The number of nitrogens with one attached hydrogen (secondary N) is 1. The van der Waals surface area contributed by atoms with Crippen LogP contribution in [0.15, 0.2) is 24.4 Å². The predicted molar refractivity (Wildman–Crippen MR) is 78.3 cm³/mol. The summed E-state index contributed by atoms with van der Waals surface area (Å²) in [5.74, 6) is 1.28. The van der Waals surface area contributed by atoms with E-state index in [9.17, 15) is 9.90 Å². The number of rotatable bonds is 4. The van der Waals surface area contributed by atoms with Gasteiger partial charge >= 0.3 is 0 Å². The number of carbonyl (C=O) groups is 1. The SMILES string of the molecule is O=C(NCC1(O)CCC1)c1nc(C2CC2)n2ccccc12. The Hall–Kier alpha value is -1.88. The summed E-state index contributed by atoms with van der Waals surface area (Å²) in [7, 11) is 0. The van der Waals surface area contributed by atoms with Gasteiger partial charge in [-0.2, -0.15) is 0 Å². The Bertz CT molecular complexity index is 699. The lowest BCUT2D eigenvalue weighted by Crippen LogP contribution is -2.47. The van der Waals surface area contributed by atoms with E-state index in [1.807, 2.05) is 28.8 Å². The van der Waals surface area contributed by atoms with Crippen molar-refractivity contribution in [2.45, 2.75) is 43.6 Å². The molecule has 2 aliphatic carbocycles. The molecule has 110 valence electrons. The van der Waals surface area contributed by atoms with Crippen molar-refractivity contribution >= 4 is 11.4 Å². The average Bonchev–Trinajstić information content (AvgIpc) is 3.23. The highest BCUT2D eigenvalue weighted by Gasteiger charge is 2.35. The van der Waals surface area contributed by atoms with E-state index in [-0.39, 0.29) is 5.91 Å². The number of hydrogen-bond acceptors (Lipinski definition) is 3. The summed E-state index contributed by atoms with van der Waals surface area (Å²) in [6.07, 6.45) is 6.83. The average molecular weight is 285 g/mol. The Labute approximate surface area is 123 Å². The molecule has 2 aliphatic rings. The van der Waals surface area contributed by atoms with E-state index in [0.29, 0.717) is 18.2 Å². The van der Waals surface area contributed by atoms with Crippen molar-refractivity contribution in [2.75, 3.05) is 6.54 Å². The minimum atomic E-state index is -0.704. The maximum absolute atomic E-state index is 12.4. The van der Waals surface area contributed by atoms with Gasteiger partial charge in [0.25, 0.3) is 5.91 Å². The normalized spacial score (nSPS) is 20.2. The molecule has 2 N–H and O–H groups in total. The van der Waals surface area contributed by atoms with Gasteiger partial charge in [0.1, 0.15) is 5.82 Å². The van der Waals surface area contributed by atoms with Gasteiger partial charge in [0.15, 0.2) is 5.69 Å². The highest BCUT2D eigenvalue weighted by molar-refractivity contribution is 5.99. The molecule has 0 radical (unpaired) electrons. The lowest BCUT2D eigenvalue weighted by molar-refractivity contribution is -0.0300. The lowest BCUT2D eigenvalue weighted by Gasteiger charge is -2.36. The van der Waals surface area contributed by atoms with Crippen LogP contribution in [0.4, 0.5) is 0 Å². The Kier molecular flexibility index (Phi) is 2.79. The number of hydrogen-bond donors (Lipinski definition) is 2. The first kappa shape index (κ1) is 12.8. The molecule has 2 aromatic rings. The number of aliphatic hydroxyl groups is 1. The van der Waals surface area contributed by atoms with Gasteiger partial charge in [0, 0.05) is 18.7 Å². The summed E-state index contributed by atoms with van der Waals surface area (Å²) in [5, 5.41) is 12.9. The second-order valence-electron chi connectivity index (χ2n) is 6.31. The zero-order chi connectivity index (χ0) is 14.4. The maximum atomic E-state index is 12.4. The third-order valence-corrected chi connectivity index (χ3v) is 4.60. The van der Waals surface area contributed by atoms with Gasteiger partial charge in [-0.25, -0.2) is 4.98 Å². The molecule has 5 nitrogen and oxygen atoms in total. The largest absolute Gasteiger partial charge is 0.388 e. The molecule has 0 unspecified atom stereocenters. The number of carbonyl (C=O) groups excluding carboxylic acids is 1. The van der Waals surface area contributed by atoms with Crippen molar-refractivity contribution in [3.8, 4) is 0 Å². The molecule has 5 heteroatoms. The Morgan fingerprint density at radius 2 is 2.24 bits per heavy atom. The first-order valence-corrected chi connectivity index (χ1v) is 7.64. The molecular formula is C16H19N3O2. The van der Waals surface area contributed by atoms with Crippen LogP contribution in [0.3, 0.4) is 0 Å². The molecule has 0 bridgehead atoms. The van der Waals surface area contributed by atoms with Crippen LogP contribution in [0, 0.1) is 0 Å². The van der Waals surface area contributed by atoms with Gasteiger partial charge in [-0.1, -0.05) is 6.07 Å². The lowest BCUT2D eigenvalue weighted by atomic mass is 9.80. The van der Waals surface area contributed by atoms with Gasteiger partial charge in [0.2, 0.25) is 0 Å². The third kappa shape index (κ3) is 2.21. The fourth-order valence-electron chi connectivity index (χ4n) is 2.95. The molecule has 1 amide bonds. The van der Waals surface area contributed by atoms with Crippen LogP contribution < -0.4 is 5.32 Å². The van der Waals surface area contributed by atoms with Crippen molar-refractivity contribution in [2.24, 2.45) is 0 Å². The number of imidazole rings is 1. The van der Waals surface area contributed by atoms with E-state index in [2.05, 4.69) is 10.3 Å². The van der Waals surface area contributed by atoms with Crippen molar-refractivity contribution in [3.63, 3.8) is 0 Å². The molecule has 0 aliphatic heterocycles. The van der Waals surface area contributed by atoms with Gasteiger partial charge in [-0.15, -0.1) is 0 Å². The smallest absolute Gasteiger partial charge is 0.272 e. The van der Waals surface area contributed by atoms with E-state index in [1.165, 1.54) is 0 Å². The fourth-order valence-corrected chi connectivity index (χ4v) is 2.95. The van der Waals surface area contributed by atoms with Gasteiger partial charge < -0.3 is 14.8 Å². The minimum absolute atomic E-state index is 0.189. The highest BCUT2D eigenvalue weighted by atomic mass is 16.3. The highest BCUT2D eigenvalue weighted by Crippen LogP contribution is 2.40. The Morgan fingerprint density at radius 3 is 2.90 bits per heavy atom. The molecule has 2 saturated carbocycles. The van der Waals surface area contributed by atoms with E-state index in [0.717, 1.165) is 43.4 Å². The zero-order valence-electron chi connectivity index (χ0n) is 11.9. The second-order valence-corrected chi connectivity index (χ2v) is 6.31. The van der Waals surface area contributed by atoms with Crippen molar-refractivity contribution in [1.29, 1.82) is 0 Å². The summed E-state index contributed by atoms with van der Waals surface area (Å²) in [6, 6.07) is 5.80. The molecule has 2 fully saturated rings. The Morgan fingerprint density at radius 1 is 1.43 bits per heavy atom. The van der Waals surface area contributed by atoms with E-state index in [1.54, 1.807) is 0 Å². The number of aromatic nitrogens is 2. The van der Waals surface area contributed by atoms with Gasteiger partial charge in [-0.3, -0.25) is 4.79 Å². The number of pyridine rings is 1. The van der Waals surface area contributed by atoms with Gasteiger partial charge in [-0.05, 0) is 44.2 Å². The minimum Gasteiger partial charge on any atom is -0.388 e. The predicted octanol–water partition coefficient (Wildman–Crippen LogP) is 1.86. The van der Waals surface area contributed by atoms with Crippen molar-refractivity contribution in [1.82, 2.24) is 14.7 Å². The van der Waals surface area contributed by atoms with E-state index >= 15 is 0 Å². The molecular weight excluding hydrogens is 266 g/mol. The van der Waals surface area contributed by atoms with Crippen LogP contribution >= 0.6 is 0 Å². The first-order chi connectivity index (χ1) is 10.2. The number of amides is 1. The quantitative estimate of drug-likeness (QED) is 0.901. The van der Waals surface area contributed by atoms with Crippen molar-refractivity contribution in [3.05, 3.63) is 35.9 Å². The van der Waals surface area contributed by atoms with Crippen LogP contribution in [0.2, 0.25) is 0 Å². The van der Waals surface area contributed by atoms with E-state index in [4.69, 9.17) is 0 Å². The third-order valence-electron chi connectivity index (χ3n) is 4.60. The van der Waals surface area contributed by atoms with Crippen molar-refractivity contribution < 1.29 is 9.90 Å². The molecule has 2 aromatic heterocycles. The van der Waals surface area contributed by atoms with Crippen LogP contribution in [-0.2, 0) is 0 Å². The number of nitrogens with zero attached hydrogens (tertiary/aromatic N) is 2. The molecule has 4 rings (SSSR count). The molecule has 21 heavy (non-hydrogen) atoms. The molecule has 0 saturated heterocycles. The summed E-state index contributed by atoms with van der Waals surface area (Å²) in [4.78, 5) is 17.0. The molecule has 0 atom stereocenters. The molecule has 2 heterocycles. The first-order valence-electron chi connectivity index (χ1n) is 7.64. The summed E-state index contributed by atoms with van der Waals surface area (Å²) >= 11 is 0. The van der Waals surface area contributed by atoms with Crippen LogP contribution in [0.25, 0.3) is 5.52 Å². The molecule has 0 aromatic carbocycles. The summed E-state index contributed by atoms with van der Waals surface area (Å²) in [6.45, 7) is 0.316. The summed E-state index contributed by atoms with van der Waals surface area (Å²) < 4.78 is 2.02. The van der Waals surface area contributed by atoms with Gasteiger partial charge in [0.05, 0.1) is 11.1 Å². The monoisotopic (exact) mass is 285 g/mol. The van der Waals surface area contributed by atoms with Crippen LogP contribution in [-0.4, -0.2) is 32.5 Å². The standard InChI is InChI=1S/C16H19N3O2/c20-15(17-10-16(21)7-3-8-16)13-12-4-1-2-9-19(12)14(18-13)11-5-6-11/h1-2,4,9,11,21H,3,5-8,10H2,(H,17,20).